The summed E-state index contributed by atoms with van der Waals surface area (Å²) >= 11 is 5.74. The summed E-state index contributed by atoms with van der Waals surface area (Å²) in [4.78, 5) is 22.3. The Kier molecular flexibility index (Phi) is 6.77. The Morgan fingerprint density at radius 3 is 2.41 bits per heavy atom. The number of rotatable bonds is 5. The Morgan fingerprint density at radius 1 is 1.16 bits per heavy atom. The summed E-state index contributed by atoms with van der Waals surface area (Å²) in [5, 5.41) is 13.4. The first kappa shape index (κ1) is 24.0. The number of carbonyl (C=O) groups is 1. The van der Waals surface area contributed by atoms with Gasteiger partial charge in [0, 0.05) is 30.8 Å². The molecule has 172 valence electrons. The molecule has 0 atom stereocenters. The molecule has 1 saturated heterocycles. The Morgan fingerprint density at radius 2 is 1.81 bits per heavy atom. The quantitative estimate of drug-likeness (QED) is 0.495. The number of amides is 1. The van der Waals surface area contributed by atoms with Gasteiger partial charge < -0.3 is 5.32 Å². The Bertz CT molecular complexity index is 1150. The van der Waals surface area contributed by atoms with E-state index in [0.29, 0.717) is 6.07 Å². The van der Waals surface area contributed by atoms with Gasteiger partial charge in [-0.05, 0) is 43.2 Å². The largest absolute Gasteiger partial charge is 0.416 e. The van der Waals surface area contributed by atoms with Gasteiger partial charge in [-0.1, -0.05) is 17.7 Å². The first-order valence-electron chi connectivity index (χ1n) is 9.32. The summed E-state index contributed by atoms with van der Waals surface area (Å²) in [6.45, 7) is -0.116. The number of anilines is 1. The number of nitro groups is 1. The van der Waals surface area contributed by atoms with Crippen LogP contribution in [0.3, 0.4) is 0 Å². The van der Waals surface area contributed by atoms with E-state index in [2.05, 4.69) is 5.32 Å². The highest BCUT2D eigenvalue weighted by molar-refractivity contribution is 7.89. The molecule has 1 heterocycles. The normalized spacial score (nSPS) is 16.0. The van der Waals surface area contributed by atoms with Gasteiger partial charge in [0.2, 0.25) is 15.9 Å². The molecular weight excluding hydrogens is 475 g/mol. The average Bonchev–Trinajstić information content (AvgIpc) is 2.74. The summed E-state index contributed by atoms with van der Waals surface area (Å²) in [5.41, 5.74) is -1.26. The first-order valence-corrected chi connectivity index (χ1v) is 11.1. The maximum absolute atomic E-state index is 12.9. The highest BCUT2D eigenvalue weighted by atomic mass is 35.5. The lowest BCUT2D eigenvalue weighted by Gasteiger charge is -2.30. The van der Waals surface area contributed by atoms with Gasteiger partial charge in [-0.3, -0.25) is 14.9 Å². The fourth-order valence-electron chi connectivity index (χ4n) is 3.31. The van der Waals surface area contributed by atoms with Crippen LogP contribution in [0.5, 0.6) is 0 Å². The van der Waals surface area contributed by atoms with Crippen molar-refractivity contribution in [3.63, 3.8) is 0 Å². The summed E-state index contributed by atoms with van der Waals surface area (Å²) < 4.78 is 65.3. The molecular formula is C19H17ClF3N3O5S. The fraction of sp³-hybridized carbons (Fsp3) is 0.316. The highest BCUT2D eigenvalue weighted by Gasteiger charge is 2.35. The van der Waals surface area contributed by atoms with Crippen LogP contribution >= 0.6 is 11.6 Å². The minimum atomic E-state index is -4.67. The molecule has 1 aliphatic heterocycles. The molecule has 13 heteroatoms. The average molecular weight is 492 g/mol. The van der Waals surface area contributed by atoms with Crippen LogP contribution in [-0.4, -0.2) is 36.6 Å². The molecule has 1 amide bonds. The number of halogens is 4. The SMILES string of the molecule is O=C(Nc1ccc(Cl)c([N+](=O)[O-])c1)C1CCN(S(=O)(=O)c2cccc(C(F)(F)F)c2)CC1. The summed E-state index contributed by atoms with van der Waals surface area (Å²) in [7, 11) is -4.16. The summed E-state index contributed by atoms with van der Waals surface area (Å²) in [5.74, 6) is -1.02. The van der Waals surface area contributed by atoms with Crippen LogP contribution in [0.4, 0.5) is 24.5 Å². The second kappa shape index (κ2) is 9.04. The number of nitrogens with zero attached hydrogens (tertiary/aromatic N) is 2. The number of piperidine rings is 1. The molecule has 1 fully saturated rings. The highest BCUT2D eigenvalue weighted by Crippen LogP contribution is 2.32. The lowest BCUT2D eigenvalue weighted by Crippen LogP contribution is -2.41. The molecule has 0 spiro atoms. The van der Waals surface area contributed by atoms with Crippen LogP contribution in [0.25, 0.3) is 0 Å². The maximum atomic E-state index is 12.9. The van der Waals surface area contributed by atoms with Crippen LogP contribution in [0.1, 0.15) is 18.4 Å². The molecule has 3 rings (SSSR count). The number of benzene rings is 2. The zero-order chi connectivity index (χ0) is 23.7. The first-order chi connectivity index (χ1) is 14.9. The van der Waals surface area contributed by atoms with Gasteiger partial charge in [0.1, 0.15) is 5.02 Å². The van der Waals surface area contributed by atoms with E-state index in [1.807, 2.05) is 0 Å². The van der Waals surface area contributed by atoms with Crippen molar-refractivity contribution in [2.45, 2.75) is 23.9 Å². The molecule has 2 aromatic rings. The van der Waals surface area contributed by atoms with E-state index in [9.17, 15) is 36.5 Å². The van der Waals surface area contributed by atoms with Crippen molar-refractivity contribution in [1.82, 2.24) is 4.31 Å². The molecule has 0 saturated carbocycles. The molecule has 0 aromatic heterocycles. The van der Waals surface area contributed by atoms with Crippen LogP contribution in [0, 0.1) is 16.0 Å². The van der Waals surface area contributed by atoms with E-state index in [0.717, 1.165) is 28.6 Å². The number of nitrogens with one attached hydrogen (secondary N) is 1. The number of alkyl halides is 3. The molecule has 0 aliphatic carbocycles. The standard InChI is InChI=1S/C19H17ClF3N3O5S/c20-16-5-4-14(11-17(16)26(28)29)24-18(27)12-6-8-25(9-7-12)32(30,31)15-3-1-2-13(10-15)19(21,22)23/h1-5,10-12H,6-9H2,(H,24,27). The molecule has 1 aliphatic rings. The van der Waals surface area contributed by atoms with Crippen molar-refractivity contribution < 1.29 is 31.3 Å². The molecule has 0 bridgehead atoms. The van der Waals surface area contributed by atoms with Crippen molar-refractivity contribution in [3.05, 3.63) is 63.2 Å². The van der Waals surface area contributed by atoms with Crippen LogP contribution in [-0.2, 0) is 21.0 Å². The van der Waals surface area contributed by atoms with Crippen molar-refractivity contribution >= 4 is 38.9 Å². The van der Waals surface area contributed by atoms with Gasteiger partial charge in [-0.15, -0.1) is 0 Å². The van der Waals surface area contributed by atoms with Crippen molar-refractivity contribution in [3.8, 4) is 0 Å². The lowest BCUT2D eigenvalue weighted by atomic mass is 9.97. The van der Waals surface area contributed by atoms with E-state index in [1.54, 1.807) is 0 Å². The number of carbonyl (C=O) groups excluding carboxylic acids is 1. The zero-order valence-electron chi connectivity index (χ0n) is 16.3. The molecule has 0 unspecified atom stereocenters. The second-order valence-electron chi connectivity index (χ2n) is 7.12. The van der Waals surface area contributed by atoms with Gasteiger partial charge in [0.05, 0.1) is 15.4 Å². The summed E-state index contributed by atoms with van der Waals surface area (Å²) in [6.07, 6.45) is -4.40. The van der Waals surface area contributed by atoms with E-state index < -0.39 is 43.4 Å². The smallest absolute Gasteiger partial charge is 0.326 e. The topological polar surface area (TPSA) is 110 Å². The molecule has 1 N–H and O–H groups in total. The van der Waals surface area contributed by atoms with E-state index in [-0.39, 0.29) is 42.3 Å². The Hall–Kier alpha value is -2.70. The molecule has 32 heavy (non-hydrogen) atoms. The van der Waals surface area contributed by atoms with Crippen molar-refractivity contribution in [1.29, 1.82) is 0 Å². The minimum absolute atomic E-state index is 0.0581. The third-order valence-corrected chi connectivity index (χ3v) is 7.25. The number of nitro benzene ring substituents is 1. The van der Waals surface area contributed by atoms with E-state index in [4.69, 9.17) is 11.6 Å². The van der Waals surface area contributed by atoms with Crippen molar-refractivity contribution in [2.24, 2.45) is 5.92 Å². The van der Waals surface area contributed by atoms with Gasteiger partial charge in [-0.25, -0.2) is 8.42 Å². The number of hydrogen-bond acceptors (Lipinski definition) is 5. The van der Waals surface area contributed by atoms with Gasteiger partial charge in [0.15, 0.2) is 0 Å². The monoisotopic (exact) mass is 491 g/mol. The van der Waals surface area contributed by atoms with Gasteiger partial charge in [0.25, 0.3) is 5.69 Å². The minimum Gasteiger partial charge on any atom is -0.326 e. The zero-order valence-corrected chi connectivity index (χ0v) is 17.9. The molecule has 8 nitrogen and oxygen atoms in total. The predicted octanol–water partition coefficient (Wildman–Crippen LogP) is 4.31. The van der Waals surface area contributed by atoms with Gasteiger partial charge in [-0.2, -0.15) is 17.5 Å². The van der Waals surface area contributed by atoms with E-state index >= 15 is 0 Å². The van der Waals surface area contributed by atoms with Crippen LogP contribution in [0.2, 0.25) is 5.02 Å². The Labute approximate surface area is 186 Å². The third kappa shape index (κ3) is 5.19. The van der Waals surface area contributed by atoms with Crippen LogP contribution in [0.15, 0.2) is 47.4 Å². The van der Waals surface area contributed by atoms with E-state index in [1.165, 1.54) is 12.1 Å². The lowest BCUT2D eigenvalue weighted by molar-refractivity contribution is -0.384. The summed E-state index contributed by atoms with van der Waals surface area (Å²) in [6, 6.07) is 7.30. The molecule has 0 radical (unpaired) electrons. The van der Waals surface area contributed by atoms with Crippen LogP contribution < -0.4 is 5.32 Å². The maximum Gasteiger partial charge on any atom is 0.416 e. The number of sulfonamides is 1. The van der Waals surface area contributed by atoms with Crippen molar-refractivity contribution in [2.75, 3.05) is 18.4 Å². The Balaban J connectivity index is 1.66. The predicted molar refractivity (Wildman–Crippen MR) is 110 cm³/mol. The fourth-order valence-corrected chi connectivity index (χ4v) is 5.02. The van der Waals surface area contributed by atoms with Gasteiger partial charge >= 0.3 is 6.18 Å². The molecule has 2 aromatic carbocycles. The second-order valence-corrected chi connectivity index (χ2v) is 9.46. The third-order valence-electron chi connectivity index (χ3n) is 5.03. The number of hydrogen-bond donors (Lipinski definition) is 1.